The monoisotopic (exact) mass is 392 g/mol. The summed E-state index contributed by atoms with van der Waals surface area (Å²) in [6, 6.07) is 7.86. The minimum Gasteiger partial charge on any atom is -0.459 e. The highest BCUT2D eigenvalue weighted by Crippen LogP contribution is 2.50. The van der Waals surface area contributed by atoms with Gasteiger partial charge in [0.05, 0.1) is 36.9 Å². The van der Waals surface area contributed by atoms with Gasteiger partial charge in [0.25, 0.3) is 0 Å². The molecule has 2 aromatic rings. The second-order valence-corrected chi connectivity index (χ2v) is 10.3. The predicted molar refractivity (Wildman–Crippen MR) is 104 cm³/mol. The summed E-state index contributed by atoms with van der Waals surface area (Å²) < 4.78 is 6.90. The molecule has 2 saturated carbocycles. The molecule has 1 N–H and O–H groups in total. The van der Waals surface area contributed by atoms with Crippen LogP contribution in [0.1, 0.15) is 29.0 Å². The first-order valence-electron chi connectivity index (χ1n) is 9.14. The summed E-state index contributed by atoms with van der Waals surface area (Å²) in [5.41, 5.74) is -1.70. The van der Waals surface area contributed by atoms with Crippen molar-refractivity contribution in [2.45, 2.75) is 37.0 Å². The Morgan fingerprint density at radius 3 is 2.23 bits per heavy atom. The van der Waals surface area contributed by atoms with Gasteiger partial charge in [0.15, 0.2) is 0 Å². The van der Waals surface area contributed by atoms with Crippen molar-refractivity contribution in [3.63, 3.8) is 0 Å². The fraction of sp³-hybridized carbons (Fsp3) is 0.550. The van der Waals surface area contributed by atoms with E-state index in [9.17, 15) is 9.90 Å². The minimum atomic E-state index is -1.70. The molecule has 4 rings (SSSR count). The van der Waals surface area contributed by atoms with Gasteiger partial charge in [0.2, 0.25) is 5.60 Å². The first kappa shape index (κ1) is 18.2. The Hall–Kier alpha value is -1.21. The molecule has 140 valence electrons. The average Bonchev–Trinajstić information content (AvgIpc) is 3.36. The molecule has 2 aliphatic carbocycles. The zero-order valence-corrected chi connectivity index (χ0v) is 17.1. The van der Waals surface area contributed by atoms with E-state index >= 15 is 0 Å². The maximum absolute atomic E-state index is 13.2. The lowest BCUT2D eigenvalue weighted by Gasteiger charge is -2.35. The molecule has 2 bridgehead atoms. The van der Waals surface area contributed by atoms with Crippen molar-refractivity contribution in [2.75, 3.05) is 21.1 Å². The Balaban J connectivity index is 1.59. The number of ether oxygens (including phenoxy) is 1. The van der Waals surface area contributed by atoms with Gasteiger partial charge in [0.1, 0.15) is 6.10 Å². The molecule has 6 heteroatoms. The SMILES string of the molecule is C[N+](C)(C)C1C2CC[C@H]1[C@H](OC(=O)C(O)(c1cccs1)c1cccs1)C2. The molecular formula is C20H26NO3S2+. The van der Waals surface area contributed by atoms with Gasteiger partial charge in [-0.1, -0.05) is 12.1 Å². The van der Waals surface area contributed by atoms with Crippen LogP contribution in [0, 0.1) is 11.8 Å². The molecule has 0 radical (unpaired) electrons. The van der Waals surface area contributed by atoms with Crippen molar-refractivity contribution in [3.8, 4) is 0 Å². The molecule has 2 aliphatic rings. The van der Waals surface area contributed by atoms with E-state index in [0.717, 1.165) is 17.3 Å². The average molecular weight is 393 g/mol. The third-order valence-corrected chi connectivity index (χ3v) is 7.97. The lowest BCUT2D eigenvalue weighted by Crippen LogP contribution is -2.49. The van der Waals surface area contributed by atoms with Crippen LogP contribution in [0.25, 0.3) is 0 Å². The van der Waals surface area contributed by atoms with Crippen LogP contribution in [0.5, 0.6) is 0 Å². The number of hydrogen-bond acceptors (Lipinski definition) is 5. The van der Waals surface area contributed by atoms with Crippen LogP contribution < -0.4 is 0 Å². The Morgan fingerprint density at radius 1 is 1.15 bits per heavy atom. The van der Waals surface area contributed by atoms with Gasteiger partial charge in [-0.05, 0) is 42.2 Å². The number of thiophene rings is 2. The van der Waals surface area contributed by atoms with Gasteiger partial charge in [-0.25, -0.2) is 4.79 Å². The van der Waals surface area contributed by atoms with Crippen LogP contribution >= 0.6 is 22.7 Å². The smallest absolute Gasteiger partial charge is 0.349 e. The standard InChI is InChI=1S/C20H26NO3S2/c1-21(2,3)18-13-8-9-14(18)15(12-13)24-19(22)20(23,16-6-4-10-25-16)17-7-5-11-26-17/h4-7,10-11,13-15,18,23H,8-9,12H2,1-3H3/q+1/t13?,14-,15+,18?/m0/s1. The van der Waals surface area contributed by atoms with Crippen molar-refractivity contribution >= 4 is 28.6 Å². The van der Waals surface area contributed by atoms with Crippen LogP contribution in [0.2, 0.25) is 0 Å². The molecule has 2 heterocycles. The van der Waals surface area contributed by atoms with Gasteiger partial charge in [0, 0.05) is 11.8 Å². The van der Waals surface area contributed by atoms with E-state index in [2.05, 4.69) is 21.1 Å². The van der Waals surface area contributed by atoms with Crippen molar-refractivity contribution < 1.29 is 19.1 Å². The summed E-state index contributed by atoms with van der Waals surface area (Å²) in [6.45, 7) is 0. The maximum atomic E-state index is 13.2. The number of nitrogens with zero attached hydrogens (tertiary/aromatic N) is 1. The molecule has 4 nitrogen and oxygen atoms in total. The number of hydrogen-bond donors (Lipinski definition) is 1. The molecule has 0 amide bonds. The Kier molecular flexibility index (Phi) is 4.50. The number of quaternary nitrogens is 1. The Bertz CT molecular complexity index is 729. The molecule has 0 saturated heterocycles. The highest BCUT2D eigenvalue weighted by atomic mass is 32.1. The van der Waals surface area contributed by atoms with Crippen LogP contribution in [0.15, 0.2) is 35.0 Å². The van der Waals surface area contributed by atoms with E-state index in [4.69, 9.17) is 4.74 Å². The molecule has 2 fully saturated rings. The van der Waals surface area contributed by atoms with Gasteiger partial charge >= 0.3 is 5.97 Å². The second kappa shape index (κ2) is 6.44. The van der Waals surface area contributed by atoms with E-state index in [0.29, 0.717) is 27.6 Å². The van der Waals surface area contributed by atoms with E-state index in [1.54, 1.807) is 12.1 Å². The lowest BCUT2D eigenvalue weighted by molar-refractivity contribution is -0.900. The third kappa shape index (κ3) is 2.83. The van der Waals surface area contributed by atoms with E-state index in [1.807, 2.05) is 22.9 Å². The lowest BCUT2D eigenvalue weighted by atomic mass is 9.96. The largest absolute Gasteiger partial charge is 0.459 e. The summed E-state index contributed by atoms with van der Waals surface area (Å²) in [5, 5.41) is 15.2. The number of carbonyl (C=O) groups is 1. The maximum Gasteiger partial charge on any atom is 0.349 e. The Morgan fingerprint density at radius 2 is 1.77 bits per heavy atom. The van der Waals surface area contributed by atoms with Crippen molar-refractivity contribution in [2.24, 2.45) is 11.8 Å². The summed E-state index contributed by atoms with van der Waals surface area (Å²) in [7, 11) is 6.69. The van der Waals surface area contributed by atoms with Gasteiger partial charge in [-0.2, -0.15) is 0 Å². The quantitative estimate of drug-likeness (QED) is 0.626. The predicted octanol–water partition coefficient (Wildman–Crippen LogP) is 3.46. The summed E-state index contributed by atoms with van der Waals surface area (Å²) >= 11 is 2.77. The minimum absolute atomic E-state index is 0.0879. The van der Waals surface area contributed by atoms with Crippen LogP contribution in [-0.4, -0.2) is 48.8 Å². The van der Waals surface area contributed by atoms with Crippen molar-refractivity contribution in [1.29, 1.82) is 0 Å². The first-order valence-corrected chi connectivity index (χ1v) is 10.9. The Labute approximate surface area is 162 Å². The van der Waals surface area contributed by atoms with Gasteiger partial charge in [-0.15, -0.1) is 22.7 Å². The summed E-state index contributed by atoms with van der Waals surface area (Å²) in [4.78, 5) is 14.4. The van der Waals surface area contributed by atoms with E-state index in [1.165, 1.54) is 29.1 Å². The number of fused-ring (bicyclic) bond motifs is 2. The van der Waals surface area contributed by atoms with Crippen LogP contribution in [-0.2, 0) is 15.1 Å². The molecule has 0 aromatic carbocycles. The molecule has 0 aliphatic heterocycles. The molecule has 0 spiro atoms. The second-order valence-electron chi connectivity index (χ2n) is 8.45. The first-order chi connectivity index (χ1) is 12.3. The van der Waals surface area contributed by atoms with Crippen molar-refractivity contribution in [3.05, 3.63) is 44.8 Å². The van der Waals surface area contributed by atoms with Crippen molar-refractivity contribution in [1.82, 2.24) is 0 Å². The van der Waals surface area contributed by atoms with E-state index < -0.39 is 11.6 Å². The molecule has 4 atom stereocenters. The topological polar surface area (TPSA) is 46.5 Å². The third-order valence-electron chi connectivity index (χ3n) is 6.01. The zero-order valence-electron chi connectivity index (χ0n) is 15.4. The number of rotatable bonds is 5. The van der Waals surface area contributed by atoms with Crippen LogP contribution in [0.3, 0.4) is 0 Å². The number of carbonyl (C=O) groups excluding carboxylic acids is 1. The molecule has 2 unspecified atom stereocenters. The van der Waals surface area contributed by atoms with Crippen LogP contribution in [0.4, 0.5) is 0 Å². The molecule has 2 aromatic heterocycles. The molecular weight excluding hydrogens is 366 g/mol. The normalized spacial score (nSPS) is 28.5. The zero-order chi connectivity index (χ0) is 18.5. The number of esters is 1. The highest BCUT2D eigenvalue weighted by Gasteiger charge is 2.57. The fourth-order valence-corrected chi connectivity index (χ4v) is 6.80. The molecule has 26 heavy (non-hydrogen) atoms. The fourth-order valence-electron chi connectivity index (χ4n) is 5.09. The van der Waals surface area contributed by atoms with Gasteiger partial charge < -0.3 is 14.3 Å². The van der Waals surface area contributed by atoms with E-state index in [-0.39, 0.29) is 6.10 Å². The van der Waals surface area contributed by atoms with Gasteiger partial charge in [-0.3, -0.25) is 0 Å². The highest BCUT2D eigenvalue weighted by molar-refractivity contribution is 7.12. The summed E-state index contributed by atoms with van der Waals surface area (Å²) in [5.74, 6) is 0.467. The summed E-state index contributed by atoms with van der Waals surface area (Å²) in [6.07, 6.45) is 3.16. The number of aliphatic hydroxyl groups is 1.